The van der Waals surface area contributed by atoms with E-state index < -0.39 is 0 Å². The average molecular weight is 306 g/mol. The molecule has 0 radical (unpaired) electrons. The van der Waals surface area contributed by atoms with E-state index in [1.54, 1.807) is 7.05 Å². The highest BCUT2D eigenvalue weighted by Crippen LogP contribution is 2.35. The van der Waals surface area contributed by atoms with Crippen LogP contribution in [0.15, 0.2) is 0 Å². The molecule has 3 fully saturated rings. The molecule has 5 nitrogen and oxygen atoms in total. The molecule has 2 aliphatic heterocycles. The van der Waals surface area contributed by atoms with Crippen LogP contribution in [0.2, 0.25) is 0 Å². The van der Waals surface area contributed by atoms with Crippen molar-refractivity contribution in [2.75, 3.05) is 20.1 Å². The van der Waals surface area contributed by atoms with E-state index in [-0.39, 0.29) is 17.4 Å². The number of amides is 1. The van der Waals surface area contributed by atoms with Gasteiger partial charge in [0.1, 0.15) is 0 Å². The molecule has 1 aliphatic carbocycles. The van der Waals surface area contributed by atoms with Gasteiger partial charge < -0.3 is 10.2 Å². The maximum Gasteiger partial charge on any atom is 0.231 e. The zero-order valence-electron chi connectivity index (χ0n) is 14.0. The first-order chi connectivity index (χ1) is 10.5. The zero-order chi connectivity index (χ0) is 15.7. The first-order valence-electron chi connectivity index (χ1n) is 8.87. The van der Waals surface area contributed by atoms with Crippen molar-refractivity contribution >= 4 is 11.9 Å². The highest BCUT2D eigenvalue weighted by Gasteiger charge is 2.44. The van der Waals surface area contributed by atoms with Gasteiger partial charge in [0, 0.05) is 19.6 Å². The number of carbonyl (C=O) groups excluding carboxylic acids is 1. The van der Waals surface area contributed by atoms with Crippen LogP contribution in [0.1, 0.15) is 58.3 Å². The predicted molar refractivity (Wildman–Crippen MR) is 87.8 cm³/mol. The van der Waals surface area contributed by atoms with Crippen molar-refractivity contribution in [3.8, 4) is 0 Å². The fraction of sp³-hybridized carbons (Fsp3) is 0.882. The molecule has 0 aromatic heterocycles. The van der Waals surface area contributed by atoms with E-state index in [9.17, 15) is 4.79 Å². The van der Waals surface area contributed by atoms with Gasteiger partial charge in [-0.1, -0.05) is 19.3 Å². The Labute approximate surface area is 133 Å². The minimum atomic E-state index is -0.256. The standard InChI is InChI=1S/C17H30N4O/c1-17(11-15(22)20(2)16(18)19-17)13-7-6-10-21(12-13)14-8-4-3-5-9-14/h13-14H,3-12H2,1-2H3,(H2,18,19)/t13-,17+/m1/s1. The molecule has 2 atom stereocenters. The fourth-order valence-corrected chi connectivity index (χ4v) is 4.51. The summed E-state index contributed by atoms with van der Waals surface area (Å²) in [6.07, 6.45) is 9.71. The molecule has 124 valence electrons. The first-order valence-corrected chi connectivity index (χ1v) is 8.87. The van der Waals surface area contributed by atoms with Gasteiger partial charge in [0.2, 0.25) is 5.91 Å². The van der Waals surface area contributed by atoms with Crippen molar-refractivity contribution in [3.05, 3.63) is 0 Å². The topological polar surface area (TPSA) is 59.4 Å². The smallest absolute Gasteiger partial charge is 0.231 e. The van der Waals surface area contributed by atoms with Gasteiger partial charge in [0.15, 0.2) is 5.96 Å². The molecule has 2 heterocycles. The number of guanidine groups is 1. The maximum absolute atomic E-state index is 12.2. The molecular weight excluding hydrogens is 276 g/mol. The molecule has 3 aliphatic rings. The molecule has 3 rings (SSSR count). The molecule has 0 aromatic carbocycles. The summed E-state index contributed by atoms with van der Waals surface area (Å²) in [4.78, 5) is 16.3. The van der Waals surface area contributed by atoms with E-state index in [1.165, 1.54) is 50.0 Å². The predicted octanol–water partition coefficient (Wildman–Crippen LogP) is 2.18. The van der Waals surface area contributed by atoms with E-state index in [2.05, 4.69) is 17.1 Å². The summed E-state index contributed by atoms with van der Waals surface area (Å²) in [6, 6.07) is 0.751. The largest absolute Gasteiger partial charge is 0.350 e. The SMILES string of the molecule is CN1C(=N)N[C@](C)([C@@H]2CCCN(C3CCCCC3)C2)CC1=O. The Bertz CT molecular complexity index is 426. The van der Waals surface area contributed by atoms with Crippen molar-refractivity contribution in [1.29, 1.82) is 5.41 Å². The molecule has 0 bridgehead atoms. The van der Waals surface area contributed by atoms with Crippen LogP contribution in [-0.2, 0) is 4.79 Å². The van der Waals surface area contributed by atoms with E-state index in [4.69, 9.17) is 5.41 Å². The zero-order valence-corrected chi connectivity index (χ0v) is 14.0. The second kappa shape index (κ2) is 6.19. The molecule has 0 unspecified atom stereocenters. The van der Waals surface area contributed by atoms with Gasteiger partial charge in [-0.15, -0.1) is 0 Å². The van der Waals surface area contributed by atoms with E-state index in [0.29, 0.717) is 12.3 Å². The number of piperidine rings is 1. The fourth-order valence-electron chi connectivity index (χ4n) is 4.51. The Morgan fingerprint density at radius 2 is 1.91 bits per heavy atom. The molecule has 0 spiro atoms. The van der Waals surface area contributed by atoms with Crippen LogP contribution in [0.25, 0.3) is 0 Å². The third-order valence-corrected chi connectivity index (χ3v) is 6.08. The molecule has 0 aromatic rings. The first kappa shape index (κ1) is 15.8. The number of hydrogen-bond donors (Lipinski definition) is 2. The Balaban J connectivity index is 1.68. The van der Waals surface area contributed by atoms with Crippen LogP contribution in [-0.4, -0.2) is 53.4 Å². The van der Waals surface area contributed by atoms with Crippen LogP contribution < -0.4 is 5.32 Å². The summed E-state index contributed by atoms with van der Waals surface area (Å²) >= 11 is 0. The summed E-state index contributed by atoms with van der Waals surface area (Å²) < 4.78 is 0. The van der Waals surface area contributed by atoms with Crippen LogP contribution in [0.4, 0.5) is 0 Å². The Morgan fingerprint density at radius 1 is 1.18 bits per heavy atom. The second-order valence-electron chi connectivity index (χ2n) is 7.65. The Morgan fingerprint density at radius 3 is 2.59 bits per heavy atom. The van der Waals surface area contributed by atoms with E-state index in [1.807, 2.05) is 0 Å². The Hall–Kier alpha value is -1.10. The summed E-state index contributed by atoms with van der Waals surface area (Å²) in [5, 5.41) is 11.4. The van der Waals surface area contributed by atoms with Crippen LogP contribution >= 0.6 is 0 Å². The summed E-state index contributed by atoms with van der Waals surface area (Å²) in [5.41, 5.74) is -0.256. The van der Waals surface area contributed by atoms with Gasteiger partial charge in [-0.05, 0) is 45.1 Å². The number of rotatable bonds is 2. The number of carbonyl (C=O) groups is 1. The quantitative estimate of drug-likeness (QED) is 0.822. The van der Waals surface area contributed by atoms with Crippen molar-refractivity contribution in [3.63, 3.8) is 0 Å². The van der Waals surface area contributed by atoms with Gasteiger partial charge in [-0.25, -0.2) is 0 Å². The third-order valence-electron chi connectivity index (χ3n) is 6.08. The lowest BCUT2D eigenvalue weighted by Crippen LogP contribution is -2.65. The van der Waals surface area contributed by atoms with Gasteiger partial charge in [0.25, 0.3) is 0 Å². The van der Waals surface area contributed by atoms with Gasteiger partial charge >= 0.3 is 0 Å². The van der Waals surface area contributed by atoms with Crippen molar-refractivity contribution in [1.82, 2.24) is 15.1 Å². The molecule has 2 saturated heterocycles. The normalized spacial score (nSPS) is 35.5. The van der Waals surface area contributed by atoms with Gasteiger partial charge in [-0.2, -0.15) is 0 Å². The maximum atomic E-state index is 12.2. The summed E-state index contributed by atoms with van der Waals surface area (Å²) in [6.45, 7) is 4.43. The lowest BCUT2D eigenvalue weighted by molar-refractivity contribution is -0.130. The molecule has 5 heteroatoms. The molecule has 2 N–H and O–H groups in total. The average Bonchev–Trinajstić information content (AvgIpc) is 2.53. The monoisotopic (exact) mass is 306 g/mol. The lowest BCUT2D eigenvalue weighted by Gasteiger charge is -2.49. The summed E-state index contributed by atoms with van der Waals surface area (Å²) in [7, 11) is 1.69. The third kappa shape index (κ3) is 3.00. The highest BCUT2D eigenvalue weighted by molar-refractivity contribution is 5.98. The molecule has 1 saturated carbocycles. The molecule has 1 amide bonds. The van der Waals surface area contributed by atoms with E-state index in [0.717, 1.165) is 19.0 Å². The van der Waals surface area contributed by atoms with Crippen LogP contribution in [0.3, 0.4) is 0 Å². The van der Waals surface area contributed by atoms with E-state index >= 15 is 0 Å². The lowest BCUT2D eigenvalue weighted by atomic mass is 9.76. The minimum absolute atomic E-state index is 0.0704. The van der Waals surface area contributed by atoms with Crippen molar-refractivity contribution < 1.29 is 4.79 Å². The highest BCUT2D eigenvalue weighted by atomic mass is 16.2. The minimum Gasteiger partial charge on any atom is -0.350 e. The summed E-state index contributed by atoms with van der Waals surface area (Å²) in [5.74, 6) is 0.788. The Kier molecular flexibility index (Phi) is 4.44. The van der Waals surface area contributed by atoms with Crippen LogP contribution in [0.5, 0.6) is 0 Å². The number of hydrogen-bond acceptors (Lipinski definition) is 3. The van der Waals surface area contributed by atoms with Crippen LogP contribution in [0, 0.1) is 11.3 Å². The molecule has 22 heavy (non-hydrogen) atoms. The van der Waals surface area contributed by atoms with Crippen molar-refractivity contribution in [2.45, 2.75) is 69.9 Å². The second-order valence-corrected chi connectivity index (χ2v) is 7.65. The number of likely N-dealkylation sites (tertiary alicyclic amines) is 1. The number of nitrogens with one attached hydrogen (secondary N) is 2. The van der Waals surface area contributed by atoms with Gasteiger partial charge in [-0.3, -0.25) is 15.1 Å². The van der Waals surface area contributed by atoms with Gasteiger partial charge in [0.05, 0.1) is 12.0 Å². The number of nitrogens with zero attached hydrogens (tertiary/aromatic N) is 2. The van der Waals surface area contributed by atoms with Crippen molar-refractivity contribution in [2.24, 2.45) is 5.92 Å². The molecular formula is C17H30N4O.